The summed E-state index contributed by atoms with van der Waals surface area (Å²) in [4.78, 5) is 11.5. The first-order chi connectivity index (χ1) is 8.70. The number of carboxylic acids is 1. The lowest BCUT2D eigenvalue weighted by Gasteiger charge is -2.28. The first-order valence-electron chi connectivity index (χ1n) is 5.43. The molecule has 0 heterocycles. The fraction of sp³-hybridized carbons (Fsp3) is 0.417. The van der Waals surface area contributed by atoms with Crippen molar-refractivity contribution in [2.24, 2.45) is 0 Å². The second-order valence-corrected chi connectivity index (χ2v) is 5.12. The first-order valence-corrected chi connectivity index (χ1v) is 6.22. The Morgan fingerprint density at radius 1 is 1.47 bits per heavy atom. The number of carbonyl (C=O) groups is 1. The molecule has 7 heteroatoms. The van der Waals surface area contributed by atoms with Crippen LogP contribution in [0.25, 0.3) is 0 Å². The molecule has 3 nitrogen and oxygen atoms in total. The predicted molar refractivity (Wildman–Crippen MR) is 67.7 cm³/mol. The molecular formula is C12H13BrF3NO2. The highest BCUT2D eigenvalue weighted by Gasteiger charge is 2.43. The minimum absolute atomic E-state index is 0.0247. The summed E-state index contributed by atoms with van der Waals surface area (Å²) in [5.74, 6) is -1.47. The highest BCUT2D eigenvalue weighted by Crippen LogP contribution is 2.27. The maximum Gasteiger partial charge on any atom is 0.404 e. The van der Waals surface area contributed by atoms with Gasteiger partial charge >= 0.3 is 12.1 Å². The van der Waals surface area contributed by atoms with Gasteiger partial charge in [-0.3, -0.25) is 9.69 Å². The molecule has 1 rings (SSSR count). The van der Waals surface area contributed by atoms with E-state index in [1.165, 1.54) is 7.05 Å². The second kappa shape index (κ2) is 6.38. The van der Waals surface area contributed by atoms with Crippen LogP contribution >= 0.6 is 15.9 Å². The first kappa shape index (κ1) is 16.0. The van der Waals surface area contributed by atoms with Crippen LogP contribution in [0, 0.1) is 0 Å². The topological polar surface area (TPSA) is 40.5 Å². The average Bonchev–Trinajstić information content (AvgIpc) is 2.24. The van der Waals surface area contributed by atoms with Crippen molar-refractivity contribution >= 4 is 21.9 Å². The van der Waals surface area contributed by atoms with Crippen LogP contribution in [0.3, 0.4) is 0 Å². The fourth-order valence-corrected chi connectivity index (χ4v) is 2.17. The van der Waals surface area contributed by atoms with Crippen molar-refractivity contribution < 1.29 is 23.1 Å². The molecule has 0 spiro atoms. The molecule has 0 aliphatic rings. The highest BCUT2D eigenvalue weighted by atomic mass is 79.9. The Morgan fingerprint density at radius 3 is 2.58 bits per heavy atom. The van der Waals surface area contributed by atoms with Gasteiger partial charge in [0.1, 0.15) is 6.04 Å². The number of nitrogens with zero attached hydrogens (tertiary/aromatic N) is 1. The third-order valence-corrected chi connectivity index (χ3v) is 3.09. The van der Waals surface area contributed by atoms with E-state index in [2.05, 4.69) is 15.9 Å². The molecule has 0 bridgehead atoms. The molecule has 0 amide bonds. The molecule has 1 aromatic rings. The van der Waals surface area contributed by atoms with Gasteiger partial charge in [0.15, 0.2) is 0 Å². The van der Waals surface area contributed by atoms with Crippen molar-refractivity contribution in [1.29, 1.82) is 0 Å². The van der Waals surface area contributed by atoms with Gasteiger partial charge in [0.25, 0.3) is 0 Å². The quantitative estimate of drug-likeness (QED) is 0.894. The molecule has 0 saturated heterocycles. The number of aliphatic carboxylic acids is 1. The van der Waals surface area contributed by atoms with E-state index in [0.29, 0.717) is 5.56 Å². The molecule has 1 aromatic carbocycles. The van der Waals surface area contributed by atoms with E-state index >= 15 is 0 Å². The molecule has 0 aliphatic carbocycles. The maximum atomic E-state index is 12.8. The number of alkyl halides is 3. The smallest absolute Gasteiger partial charge is 0.404 e. The van der Waals surface area contributed by atoms with Crippen LogP contribution < -0.4 is 0 Å². The Balaban J connectivity index is 2.82. The zero-order valence-corrected chi connectivity index (χ0v) is 11.7. The number of halogens is 4. The summed E-state index contributed by atoms with van der Waals surface area (Å²) in [6.45, 7) is 0.0247. The van der Waals surface area contributed by atoms with Gasteiger partial charge in [-0.25, -0.2) is 0 Å². The lowest BCUT2D eigenvalue weighted by atomic mass is 10.1. The van der Waals surface area contributed by atoms with Crippen LogP contribution in [0.2, 0.25) is 0 Å². The van der Waals surface area contributed by atoms with Crippen LogP contribution in [-0.2, 0) is 11.3 Å². The van der Waals surface area contributed by atoms with Crippen LogP contribution in [0.15, 0.2) is 28.7 Å². The summed E-state index contributed by atoms with van der Waals surface area (Å²) < 4.78 is 39.2. The molecule has 106 valence electrons. The third kappa shape index (κ3) is 5.20. The average molecular weight is 340 g/mol. The molecule has 1 N–H and O–H groups in total. The predicted octanol–water partition coefficient (Wildman–Crippen LogP) is 3.29. The Hall–Kier alpha value is -1.08. The molecular weight excluding hydrogens is 327 g/mol. The van der Waals surface area contributed by atoms with Gasteiger partial charge in [-0.1, -0.05) is 28.1 Å². The second-order valence-electron chi connectivity index (χ2n) is 4.20. The van der Waals surface area contributed by atoms with Gasteiger partial charge in [0.05, 0.1) is 6.42 Å². The summed E-state index contributed by atoms with van der Waals surface area (Å²) in [7, 11) is 1.27. The van der Waals surface area contributed by atoms with Crippen molar-refractivity contribution in [3.05, 3.63) is 34.3 Å². The molecule has 1 unspecified atom stereocenters. The van der Waals surface area contributed by atoms with Gasteiger partial charge in [-0.2, -0.15) is 13.2 Å². The summed E-state index contributed by atoms with van der Waals surface area (Å²) in [5, 5.41) is 8.57. The van der Waals surface area contributed by atoms with Crippen LogP contribution in [0.1, 0.15) is 12.0 Å². The van der Waals surface area contributed by atoms with E-state index in [-0.39, 0.29) is 6.54 Å². The molecule has 1 atom stereocenters. The van der Waals surface area contributed by atoms with Crippen molar-refractivity contribution in [2.45, 2.75) is 25.2 Å². The molecule has 0 radical (unpaired) electrons. The fourth-order valence-electron chi connectivity index (χ4n) is 1.72. The standard InChI is InChI=1S/C12H13BrF3NO2/c1-17(7-8-3-2-4-9(13)5-8)10(6-11(18)19)12(14,15)16/h2-5,10H,6-7H2,1H3,(H,18,19). The zero-order valence-electron chi connectivity index (χ0n) is 10.1. The highest BCUT2D eigenvalue weighted by molar-refractivity contribution is 9.10. The minimum Gasteiger partial charge on any atom is -0.481 e. The Labute approximate surface area is 117 Å². The van der Waals surface area contributed by atoms with Crippen molar-refractivity contribution in [1.82, 2.24) is 4.90 Å². The largest absolute Gasteiger partial charge is 0.481 e. The maximum absolute atomic E-state index is 12.8. The lowest BCUT2D eigenvalue weighted by Crippen LogP contribution is -2.44. The van der Waals surface area contributed by atoms with E-state index in [9.17, 15) is 18.0 Å². The van der Waals surface area contributed by atoms with Crippen LogP contribution in [-0.4, -0.2) is 35.2 Å². The van der Waals surface area contributed by atoms with Gasteiger partial charge in [0.2, 0.25) is 0 Å². The summed E-state index contributed by atoms with van der Waals surface area (Å²) in [6.07, 6.45) is -5.53. The molecule has 0 saturated carbocycles. The third-order valence-electron chi connectivity index (χ3n) is 2.60. The summed E-state index contributed by atoms with van der Waals surface area (Å²) in [6, 6.07) is 4.87. The monoisotopic (exact) mass is 339 g/mol. The number of rotatable bonds is 5. The SMILES string of the molecule is CN(Cc1cccc(Br)c1)C(CC(=O)O)C(F)(F)F. The van der Waals surface area contributed by atoms with Gasteiger partial charge < -0.3 is 5.11 Å². The molecule has 19 heavy (non-hydrogen) atoms. The molecule has 0 aromatic heterocycles. The minimum atomic E-state index is -4.57. The van der Waals surface area contributed by atoms with Gasteiger partial charge in [-0.05, 0) is 24.7 Å². The van der Waals surface area contributed by atoms with E-state index in [4.69, 9.17) is 5.11 Å². The normalized spacial score (nSPS) is 13.6. The van der Waals surface area contributed by atoms with Crippen molar-refractivity contribution in [2.75, 3.05) is 7.05 Å². The van der Waals surface area contributed by atoms with Gasteiger partial charge in [0, 0.05) is 11.0 Å². The number of carboxylic acid groups (broad SMARTS) is 1. The number of benzene rings is 1. The lowest BCUT2D eigenvalue weighted by molar-refractivity contribution is -0.188. The van der Waals surface area contributed by atoms with Crippen LogP contribution in [0.4, 0.5) is 13.2 Å². The van der Waals surface area contributed by atoms with E-state index in [0.717, 1.165) is 9.37 Å². The summed E-state index contributed by atoms with van der Waals surface area (Å²) in [5.41, 5.74) is 0.677. The Kier molecular flexibility index (Phi) is 5.37. The van der Waals surface area contributed by atoms with Crippen molar-refractivity contribution in [3.63, 3.8) is 0 Å². The van der Waals surface area contributed by atoms with E-state index < -0.39 is 24.6 Å². The Bertz CT molecular complexity index is 451. The van der Waals surface area contributed by atoms with Crippen LogP contribution in [0.5, 0.6) is 0 Å². The molecule has 0 aliphatic heterocycles. The number of hydrogen-bond acceptors (Lipinski definition) is 2. The number of hydrogen-bond donors (Lipinski definition) is 1. The van der Waals surface area contributed by atoms with E-state index in [1.807, 2.05) is 0 Å². The van der Waals surface area contributed by atoms with Crippen molar-refractivity contribution in [3.8, 4) is 0 Å². The summed E-state index contributed by atoms with van der Waals surface area (Å²) >= 11 is 3.23. The Morgan fingerprint density at radius 2 is 2.11 bits per heavy atom. The molecule has 0 fully saturated rings. The zero-order chi connectivity index (χ0) is 14.6. The van der Waals surface area contributed by atoms with E-state index in [1.54, 1.807) is 24.3 Å². The van der Waals surface area contributed by atoms with Gasteiger partial charge in [-0.15, -0.1) is 0 Å².